The number of carbonyl (C=O) groups is 1. The van der Waals surface area contributed by atoms with Crippen LogP contribution in [0.1, 0.15) is 69.3 Å². The van der Waals surface area contributed by atoms with Crippen molar-refractivity contribution in [3.8, 4) is 0 Å². The maximum atomic E-state index is 10.7. The summed E-state index contributed by atoms with van der Waals surface area (Å²) >= 11 is 0. The van der Waals surface area contributed by atoms with E-state index in [1.807, 2.05) is 39.0 Å². The molecule has 2 atom stereocenters. The lowest BCUT2D eigenvalue weighted by Crippen LogP contribution is -2.15. The molecule has 0 aromatic heterocycles. The molecule has 3 nitrogen and oxygen atoms in total. The van der Waals surface area contributed by atoms with Crippen LogP contribution in [0.3, 0.4) is 0 Å². The summed E-state index contributed by atoms with van der Waals surface area (Å²) < 4.78 is 10.1. The monoisotopic (exact) mass is 362 g/mol. The van der Waals surface area contributed by atoms with Crippen LogP contribution in [0.4, 0.5) is 0 Å². The molecule has 0 bridgehead atoms. The smallest absolute Gasteiger partial charge is 0.154 e. The summed E-state index contributed by atoms with van der Waals surface area (Å²) in [5.41, 5.74) is 2.13. The molecule has 1 aliphatic rings. The minimum absolute atomic E-state index is 0.0370. The third kappa shape index (κ3) is 11.2. The second-order valence-corrected chi connectivity index (χ2v) is 6.68. The maximum absolute atomic E-state index is 10.7. The highest BCUT2D eigenvalue weighted by Gasteiger charge is 2.18. The van der Waals surface area contributed by atoms with Gasteiger partial charge >= 0.3 is 0 Å². The second kappa shape index (κ2) is 15.8. The predicted octanol–water partition coefficient (Wildman–Crippen LogP) is 6.08. The normalized spacial score (nSPS) is 19.0. The van der Waals surface area contributed by atoms with E-state index in [9.17, 15) is 4.79 Å². The summed E-state index contributed by atoms with van der Waals surface area (Å²) in [6, 6.07) is 8.05. The van der Waals surface area contributed by atoms with Gasteiger partial charge in [-0.05, 0) is 57.1 Å². The van der Waals surface area contributed by atoms with Gasteiger partial charge in [-0.25, -0.2) is 0 Å². The van der Waals surface area contributed by atoms with E-state index >= 15 is 0 Å². The summed E-state index contributed by atoms with van der Waals surface area (Å²) in [6.07, 6.45) is 7.52. The summed E-state index contributed by atoms with van der Waals surface area (Å²) in [6.45, 7) is 15.6. The van der Waals surface area contributed by atoms with E-state index in [0.717, 1.165) is 43.3 Å². The molecule has 1 fully saturated rings. The Labute approximate surface area is 160 Å². The van der Waals surface area contributed by atoms with Crippen LogP contribution >= 0.6 is 0 Å². The Kier molecular flexibility index (Phi) is 14.9. The number of rotatable bonds is 7. The first-order chi connectivity index (χ1) is 12.6. The molecule has 0 amide bonds. The highest BCUT2D eigenvalue weighted by molar-refractivity contribution is 5.74. The Bertz CT molecular complexity index is 466. The van der Waals surface area contributed by atoms with Gasteiger partial charge in [0, 0.05) is 18.8 Å². The van der Waals surface area contributed by atoms with Crippen molar-refractivity contribution in [2.45, 2.75) is 66.1 Å². The van der Waals surface area contributed by atoms with Crippen LogP contribution in [-0.2, 0) is 15.9 Å². The van der Waals surface area contributed by atoms with Gasteiger partial charge in [0.2, 0.25) is 0 Å². The van der Waals surface area contributed by atoms with Gasteiger partial charge in [-0.15, -0.1) is 13.2 Å². The number of aldehydes is 1. The maximum Gasteiger partial charge on any atom is 0.154 e. The second-order valence-electron chi connectivity index (χ2n) is 6.68. The molecule has 0 radical (unpaired) electrons. The Hall–Kier alpha value is -1.45. The van der Waals surface area contributed by atoms with Crippen molar-refractivity contribution in [3.63, 3.8) is 0 Å². The van der Waals surface area contributed by atoms with E-state index in [2.05, 4.69) is 26.1 Å². The van der Waals surface area contributed by atoms with Gasteiger partial charge in [0.15, 0.2) is 6.29 Å². The summed E-state index contributed by atoms with van der Waals surface area (Å²) in [5, 5.41) is 0. The summed E-state index contributed by atoms with van der Waals surface area (Å²) in [4.78, 5) is 10.7. The molecule has 1 aliphatic carbocycles. The third-order valence-corrected chi connectivity index (χ3v) is 4.46. The molecule has 0 heterocycles. The van der Waals surface area contributed by atoms with Crippen LogP contribution in [0.25, 0.3) is 0 Å². The first-order valence-corrected chi connectivity index (χ1v) is 9.86. The highest BCUT2D eigenvalue weighted by Crippen LogP contribution is 2.30. The standard InChI is InChI=1S/C15H20O.C6H14O2.C2H4/c1-12-4-2-5-13(8-12)9-14-6-3-7-15(10-14)11-16;1-4-7-6(3)8-5-2;1-2/h3,6-7,10-13H,2,4-5,8-9H2,1H3;6H,4-5H2,1-3H3;1-2H2. The molecular formula is C23H38O3. The fraction of sp³-hybridized carbons (Fsp3) is 0.609. The van der Waals surface area contributed by atoms with E-state index in [0.29, 0.717) is 0 Å². The molecule has 2 unspecified atom stereocenters. The van der Waals surface area contributed by atoms with Crippen molar-refractivity contribution in [2.24, 2.45) is 11.8 Å². The Morgan fingerprint density at radius 3 is 2.38 bits per heavy atom. The van der Waals surface area contributed by atoms with Gasteiger partial charge in [-0.2, -0.15) is 0 Å². The zero-order valence-corrected chi connectivity index (χ0v) is 17.2. The number of carbonyl (C=O) groups excluding carboxylic acids is 1. The van der Waals surface area contributed by atoms with Crippen LogP contribution in [0.15, 0.2) is 37.4 Å². The van der Waals surface area contributed by atoms with Gasteiger partial charge in [0.05, 0.1) is 0 Å². The molecule has 1 aromatic rings. The van der Waals surface area contributed by atoms with Crippen molar-refractivity contribution >= 4 is 6.29 Å². The number of hydrogen-bond donors (Lipinski definition) is 0. The quantitative estimate of drug-likeness (QED) is 0.335. The highest BCUT2D eigenvalue weighted by atomic mass is 16.7. The third-order valence-electron chi connectivity index (χ3n) is 4.46. The summed E-state index contributed by atoms with van der Waals surface area (Å²) in [7, 11) is 0. The van der Waals surface area contributed by atoms with Gasteiger partial charge in [0.1, 0.15) is 6.29 Å². The van der Waals surface area contributed by atoms with Crippen molar-refractivity contribution in [1.29, 1.82) is 0 Å². The van der Waals surface area contributed by atoms with Crippen LogP contribution in [0, 0.1) is 11.8 Å². The van der Waals surface area contributed by atoms with E-state index in [-0.39, 0.29) is 6.29 Å². The molecule has 0 saturated heterocycles. The first-order valence-electron chi connectivity index (χ1n) is 9.86. The van der Waals surface area contributed by atoms with Crippen LogP contribution in [0.5, 0.6) is 0 Å². The SMILES string of the molecule is C=C.CC1CCCC(Cc2cccc(C=O)c2)C1.CCOC(C)OCC. The lowest BCUT2D eigenvalue weighted by atomic mass is 9.79. The van der Waals surface area contributed by atoms with Crippen molar-refractivity contribution in [1.82, 2.24) is 0 Å². The predicted molar refractivity (Wildman–Crippen MR) is 111 cm³/mol. The van der Waals surface area contributed by atoms with Gasteiger partial charge in [0.25, 0.3) is 0 Å². The number of ether oxygens (including phenoxy) is 2. The number of benzene rings is 1. The van der Waals surface area contributed by atoms with Crippen LogP contribution in [0.2, 0.25) is 0 Å². The fourth-order valence-electron chi connectivity index (χ4n) is 3.39. The molecular weight excluding hydrogens is 324 g/mol. The molecule has 2 rings (SSSR count). The topological polar surface area (TPSA) is 35.5 Å². The Morgan fingerprint density at radius 1 is 1.19 bits per heavy atom. The average molecular weight is 363 g/mol. The molecule has 0 spiro atoms. The van der Waals surface area contributed by atoms with Crippen molar-refractivity contribution < 1.29 is 14.3 Å². The Balaban J connectivity index is 0.000000533. The molecule has 0 N–H and O–H groups in total. The molecule has 1 saturated carbocycles. The van der Waals surface area contributed by atoms with E-state index in [1.165, 1.54) is 31.2 Å². The minimum atomic E-state index is -0.0370. The van der Waals surface area contributed by atoms with Gasteiger partial charge in [-0.1, -0.05) is 44.4 Å². The minimum Gasteiger partial charge on any atom is -0.353 e. The van der Waals surface area contributed by atoms with E-state index in [4.69, 9.17) is 9.47 Å². The molecule has 148 valence electrons. The van der Waals surface area contributed by atoms with E-state index < -0.39 is 0 Å². The lowest BCUT2D eigenvalue weighted by Gasteiger charge is -2.26. The van der Waals surface area contributed by atoms with Crippen molar-refractivity contribution in [2.75, 3.05) is 13.2 Å². The Morgan fingerprint density at radius 2 is 1.85 bits per heavy atom. The molecule has 0 aliphatic heterocycles. The zero-order valence-electron chi connectivity index (χ0n) is 17.2. The summed E-state index contributed by atoms with van der Waals surface area (Å²) in [5.74, 6) is 1.71. The van der Waals surface area contributed by atoms with Crippen LogP contribution in [-0.4, -0.2) is 25.8 Å². The largest absolute Gasteiger partial charge is 0.353 e. The lowest BCUT2D eigenvalue weighted by molar-refractivity contribution is -0.123. The van der Waals surface area contributed by atoms with Crippen LogP contribution < -0.4 is 0 Å². The van der Waals surface area contributed by atoms with Gasteiger partial charge in [-0.3, -0.25) is 4.79 Å². The zero-order chi connectivity index (χ0) is 19.8. The van der Waals surface area contributed by atoms with Gasteiger partial charge < -0.3 is 9.47 Å². The molecule has 3 heteroatoms. The number of hydrogen-bond acceptors (Lipinski definition) is 3. The molecule has 26 heavy (non-hydrogen) atoms. The average Bonchev–Trinajstić information content (AvgIpc) is 2.64. The van der Waals surface area contributed by atoms with E-state index in [1.54, 1.807) is 0 Å². The fourth-order valence-corrected chi connectivity index (χ4v) is 3.39. The first kappa shape index (κ1) is 24.6. The van der Waals surface area contributed by atoms with Crippen molar-refractivity contribution in [3.05, 3.63) is 48.6 Å². The molecule has 1 aromatic carbocycles.